The van der Waals surface area contributed by atoms with Crippen molar-refractivity contribution in [2.24, 2.45) is 0 Å². The van der Waals surface area contributed by atoms with E-state index in [1.165, 1.54) is 18.2 Å². The molecule has 1 amide bonds. The molecule has 0 fully saturated rings. The summed E-state index contributed by atoms with van der Waals surface area (Å²) in [4.78, 5) is 16.1. The van der Waals surface area contributed by atoms with E-state index >= 15 is 0 Å². The van der Waals surface area contributed by atoms with Gasteiger partial charge in [-0.3, -0.25) is 9.78 Å². The third-order valence-corrected chi connectivity index (χ3v) is 5.00. The molecule has 5 nitrogen and oxygen atoms in total. The highest BCUT2D eigenvalue weighted by Gasteiger charge is 2.16. The standard InChI is InChI=1S/C13H10BrClN2O3S/c1-8-10(3-2-6-16-8)13(18)17-9-4-5-12(11(14)7-9)21(15,19)20/h2-7H,1H3,(H,17,18). The molecule has 0 aliphatic rings. The van der Waals surface area contributed by atoms with Gasteiger partial charge in [0.25, 0.3) is 15.0 Å². The van der Waals surface area contributed by atoms with Gasteiger partial charge in [0.2, 0.25) is 0 Å². The fraction of sp³-hybridized carbons (Fsp3) is 0.0769. The molecule has 1 N–H and O–H groups in total. The lowest BCUT2D eigenvalue weighted by molar-refractivity contribution is 0.102. The van der Waals surface area contributed by atoms with E-state index in [0.29, 0.717) is 16.9 Å². The van der Waals surface area contributed by atoms with Gasteiger partial charge in [0.15, 0.2) is 0 Å². The van der Waals surface area contributed by atoms with E-state index < -0.39 is 9.05 Å². The maximum absolute atomic E-state index is 12.1. The van der Waals surface area contributed by atoms with E-state index in [9.17, 15) is 13.2 Å². The summed E-state index contributed by atoms with van der Waals surface area (Å²) >= 11 is 3.12. The van der Waals surface area contributed by atoms with E-state index in [0.717, 1.165) is 0 Å². The number of hydrogen-bond donors (Lipinski definition) is 1. The Kier molecular flexibility index (Phi) is 4.65. The molecule has 0 aliphatic carbocycles. The van der Waals surface area contributed by atoms with Crippen LogP contribution in [0.1, 0.15) is 16.1 Å². The van der Waals surface area contributed by atoms with Gasteiger partial charge < -0.3 is 5.32 Å². The van der Waals surface area contributed by atoms with E-state index in [4.69, 9.17) is 10.7 Å². The first-order chi connectivity index (χ1) is 9.79. The maximum Gasteiger partial charge on any atom is 0.262 e. The number of amides is 1. The Balaban J connectivity index is 2.27. The Hall–Kier alpha value is -1.44. The van der Waals surface area contributed by atoms with Crippen LogP contribution >= 0.6 is 26.6 Å². The summed E-state index contributed by atoms with van der Waals surface area (Å²) in [5, 5.41) is 2.67. The van der Waals surface area contributed by atoms with Gasteiger partial charge in [0.05, 0.1) is 10.5 Å². The average Bonchev–Trinajstić information content (AvgIpc) is 2.37. The predicted molar refractivity (Wildman–Crippen MR) is 84.1 cm³/mol. The van der Waals surface area contributed by atoms with Crippen LogP contribution in [0.15, 0.2) is 45.9 Å². The van der Waals surface area contributed by atoms with Crippen LogP contribution in [-0.4, -0.2) is 19.3 Å². The Morgan fingerprint density at radius 2 is 2.05 bits per heavy atom. The quantitative estimate of drug-likeness (QED) is 0.817. The van der Waals surface area contributed by atoms with Crippen LogP contribution in [0.3, 0.4) is 0 Å². The fourth-order valence-corrected chi connectivity index (χ4v) is 3.92. The first-order valence-electron chi connectivity index (χ1n) is 5.76. The number of carbonyl (C=O) groups is 1. The Bertz CT molecular complexity index is 809. The molecular weight excluding hydrogens is 380 g/mol. The Morgan fingerprint density at radius 1 is 1.33 bits per heavy atom. The molecule has 0 saturated carbocycles. The van der Waals surface area contributed by atoms with Gasteiger partial charge in [0, 0.05) is 32.7 Å². The van der Waals surface area contributed by atoms with Crippen LogP contribution < -0.4 is 5.32 Å². The zero-order valence-corrected chi connectivity index (χ0v) is 14.0. The van der Waals surface area contributed by atoms with Crippen molar-refractivity contribution in [3.63, 3.8) is 0 Å². The van der Waals surface area contributed by atoms with Crippen LogP contribution in [0.25, 0.3) is 0 Å². The third kappa shape index (κ3) is 3.81. The van der Waals surface area contributed by atoms with Crippen LogP contribution in [0.5, 0.6) is 0 Å². The summed E-state index contributed by atoms with van der Waals surface area (Å²) in [6.07, 6.45) is 1.60. The van der Waals surface area contributed by atoms with Crippen molar-refractivity contribution in [1.82, 2.24) is 4.98 Å². The number of anilines is 1. The van der Waals surface area contributed by atoms with E-state index in [-0.39, 0.29) is 15.3 Å². The molecule has 0 saturated heterocycles. The molecule has 21 heavy (non-hydrogen) atoms. The van der Waals surface area contributed by atoms with Crippen molar-refractivity contribution >= 4 is 47.3 Å². The molecule has 8 heteroatoms. The summed E-state index contributed by atoms with van der Waals surface area (Å²) in [5.41, 5.74) is 1.50. The molecule has 0 unspecified atom stereocenters. The van der Waals surface area contributed by atoms with Crippen LogP contribution in [0.2, 0.25) is 0 Å². The SMILES string of the molecule is Cc1ncccc1C(=O)Nc1ccc(S(=O)(=O)Cl)c(Br)c1. The van der Waals surface area contributed by atoms with Crippen molar-refractivity contribution in [3.05, 3.63) is 52.3 Å². The minimum absolute atomic E-state index is 0.0558. The lowest BCUT2D eigenvalue weighted by atomic mass is 10.2. The Morgan fingerprint density at radius 3 is 2.62 bits per heavy atom. The van der Waals surface area contributed by atoms with E-state index in [2.05, 4.69) is 26.2 Å². The zero-order valence-electron chi connectivity index (χ0n) is 10.8. The van der Waals surface area contributed by atoms with Crippen molar-refractivity contribution in [1.29, 1.82) is 0 Å². The summed E-state index contributed by atoms with van der Waals surface area (Å²) in [6.45, 7) is 1.73. The van der Waals surface area contributed by atoms with Gasteiger partial charge >= 0.3 is 0 Å². The molecule has 0 radical (unpaired) electrons. The molecule has 0 aliphatic heterocycles. The lowest BCUT2D eigenvalue weighted by Crippen LogP contribution is -2.14. The largest absolute Gasteiger partial charge is 0.322 e. The number of benzene rings is 1. The van der Waals surface area contributed by atoms with Crippen molar-refractivity contribution < 1.29 is 13.2 Å². The molecule has 2 rings (SSSR count). The zero-order chi connectivity index (χ0) is 15.6. The maximum atomic E-state index is 12.1. The molecule has 0 atom stereocenters. The van der Waals surface area contributed by atoms with Crippen molar-refractivity contribution in [3.8, 4) is 0 Å². The fourth-order valence-electron chi connectivity index (χ4n) is 1.70. The number of carbonyl (C=O) groups excluding carboxylic acids is 1. The van der Waals surface area contributed by atoms with Gasteiger partial charge in [-0.05, 0) is 53.2 Å². The molecule has 110 valence electrons. The van der Waals surface area contributed by atoms with Gasteiger partial charge in [-0.1, -0.05) is 0 Å². The minimum Gasteiger partial charge on any atom is -0.322 e. The lowest BCUT2D eigenvalue weighted by Gasteiger charge is -2.08. The van der Waals surface area contributed by atoms with Gasteiger partial charge in [0.1, 0.15) is 0 Å². The second-order valence-corrected chi connectivity index (χ2v) is 7.56. The topological polar surface area (TPSA) is 76.1 Å². The number of nitrogens with zero attached hydrogens (tertiary/aromatic N) is 1. The molecule has 1 heterocycles. The number of hydrogen-bond acceptors (Lipinski definition) is 4. The second kappa shape index (κ2) is 6.13. The monoisotopic (exact) mass is 388 g/mol. The Labute approximate surface area is 134 Å². The molecule has 0 bridgehead atoms. The first-order valence-corrected chi connectivity index (χ1v) is 8.86. The molecule has 0 spiro atoms. The molecule has 1 aromatic heterocycles. The normalized spacial score (nSPS) is 11.2. The number of pyridine rings is 1. The van der Waals surface area contributed by atoms with Crippen molar-refractivity contribution in [2.45, 2.75) is 11.8 Å². The highest BCUT2D eigenvalue weighted by Crippen LogP contribution is 2.28. The highest BCUT2D eigenvalue weighted by atomic mass is 79.9. The number of halogens is 2. The molecular formula is C13H10BrClN2O3S. The van der Waals surface area contributed by atoms with E-state index in [1.807, 2.05) is 0 Å². The average molecular weight is 390 g/mol. The van der Waals surface area contributed by atoms with Crippen LogP contribution in [0.4, 0.5) is 5.69 Å². The van der Waals surface area contributed by atoms with Crippen molar-refractivity contribution in [2.75, 3.05) is 5.32 Å². The van der Waals surface area contributed by atoms with Crippen LogP contribution in [-0.2, 0) is 9.05 Å². The summed E-state index contributed by atoms with van der Waals surface area (Å²) < 4.78 is 22.9. The van der Waals surface area contributed by atoms with Gasteiger partial charge in [-0.25, -0.2) is 8.42 Å². The molecule has 1 aromatic carbocycles. The minimum atomic E-state index is -3.83. The highest BCUT2D eigenvalue weighted by molar-refractivity contribution is 9.10. The second-order valence-electron chi connectivity index (χ2n) is 4.17. The van der Waals surface area contributed by atoms with Gasteiger partial charge in [-0.15, -0.1) is 0 Å². The number of aryl methyl sites for hydroxylation is 1. The van der Waals surface area contributed by atoms with Gasteiger partial charge in [-0.2, -0.15) is 0 Å². The van der Waals surface area contributed by atoms with E-state index in [1.54, 1.807) is 25.3 Å². The summed E-state index contributed by atoms with van der Waals surface area (Å²) in [7, 11) is 1.45. The molecule has 2 aromatic rings. The summed E-state index contributed by atoms with van der Waals surface area (Å²) in [6, 6.07) is 7.58. The third-order valence-electron chi connectivity index (χ3n) is 2.70. The number of nitrogens with one attached hydrogen (secondary N) is 1. The number of rotatable bonds is 3. The number of aromatic nitrogens is 1. The first kappa shape index (κ1) is 15.9. The predicted octanol–water partition coefficient (Wildman–Crippen LogP) is 3.33. The smallest absolute Gasteiger partial charge is 0.262 e. The summed E-state index contributed by atoms with van der Waals surface area (Å²) in [5.74, 6) is -0.325. The van der Waals surface area contributed by atoms with Crippen LogP contribution in [0, 0.1) is 6.92 Å².